The lowest BCUT2D eigenvalue weighted by atomic mass is 9.95. The van der Waals surface area contributed by atoms with E-state index < -0.39 is 0 Å². The summed E-state index contributed by atoms with van der Waals surface area (Å²) in [4.78, 5) is 15.3. The van der Waals surface area contributed by atoms with E-state index in [-0.39, 0.29) is 24.4 Å². The van der Waals surface area contributed by atoms with Crippen molar-refractivity contribution in [3.63, 3.8) is 0 Å². The van der Waals surface area contributed by atoms with Gasteiger partial charge in [-0.1, -0.05) is 17.7 Å². The van der Waals surface area contributed by atoms with E-state index in [0.717, 1.165) is 49.9 Å². The normalized spacial score (nSPS) is 21.7. The van der Waals surface area contributed by atoms with Gasteiger partial charge in [0.25, 0.3) is 5.91 Å². The minimum Gasteiger partial charge on any atom is -0.334 e. The molecule has 2 aliphatic rings. The smallest absolute Gasteiger partial charge is 0.274 e. The third-order valence-corrected chi connectivity index (χ3v) is 5.92. The molecule has 0 saturated carbocycles. The number of carbonyl (C=O) groups excluding carboxylic acids is 1. The minimum atomic E-state index is 0. The number of fused-ring (bicyclic) bond motifs is 1. The summed E-state index contributed by atoms with van der Waals surface area (Å²) in [6, 6.07) is 8.62. The minimum absolute atomic E-state index is 0. The van der Waals surface area contributed by atoms with E-state index in [2.05, 4.69) is 38.1 Å². The number of carbonyl (C=O) groups is 1. The summed E-state index contributed by atoms with van der Waals surface area (Å²) in [6.45, 7) is 5.60. The molecule has 146 valence electrons. The lowest BCUT2D eigenvalue weighted by molar-refractivity contribution is 0.0736. The van der Waals surface area contributed by atoms with Crippen molar-refractivity contribution in [2.24, 2.45) is 11.7 Å². The first-order valence-electron chi connectivity index (χ1n) is 9.77. The number of likely N-dealkylation sites (tertiary alicyclic amines) is 1. The fourth-order valence-corrected chi connectivity index (χ4v) is 4.40. The van der Waals surface area contributed by atoms with Crippen LogP contribution in [0.4, 0.5) is 0 Å². The molecule has 1 amide bonds. The maximum absolute atomic E-state index is 13.3. The van der Waals surface area contributed by atoms with Crippen LogP contribution >= 0.6 is 12.4 Å². The van der Waals surface area contributed by atoms with E-state index >= 15 is 0 Å². The lowest BCUT2D eigenvalue weighted by Crippen LogP contribution is -2.35. The zero-order valence-electron chi connectivity index (χ0n) is 16.1. The first-order chi connectivity index (χ1) is 12.6. The maximum atomic E-state index is 13.3. The number of rotatable bonds is 3. The number of hydrogen-bond acceptors (Lipinski definition) is 3. The number of benzene rings is 1. The Bertz CT molecular complexity index is 814. The fraction of sp³-hybridized carbons (Fsp3) is 0.524. The van der Waals surface area contributed by atoms with Crippen LogP contribution in [0.1, 0.15) is 53.5 Å². The maximum Gasteiger partial charge on any atom is 0.274 e. The number of aryl methyl sites for hydroxylation is 1. The van der Waals surface area contributed by atoms with Gasteiger partial charge in [-0.15, -0.1) is 12.4 Å². The molecule has 4 rings (SSSR count). The van der Waals surface area contributed by atoms with Crippen LogP contribution in [0.2, 0.25) is 0 Å². The molecule has 1 aromatic heterocycles. The molecule has 6 heteroatoms. The van der Waals surface area contributed by atoms with Gasteiger partial charge in [-0.05, 0) is 70.5 Å². The Hall–Kier alpha value is -1.85. The Morgan fingerprint density at radius 1 is 1.22 bits per heavy atom. The molecule has 5 nitrogen and oxygen atoms in total. The highest BCUT2D eigenvalue weighted by molar-refractivity contribution is 5.94. The zero-order chi connectivity index (χ0) is 18.3. The summed E-state index contributed by atoms with van der Waals surface area (Å²) >= 11 is 0. The average Bonchev–Trinajstić information content (AvgIpc) is 3.23. The number of nitrogens with zero attached hydrogens (tertiary/aromatic N) is 3. The molecule has 2 aromatic rings. The van der Waals surface area contributed by atoms with Gasteiger partial charge >= 0.3 is 0 Å². The van der Waals surface area contributed by atoms with Crippen LogP contribution in [0, 0.1) is 12.8 Å². The summed E-state index contributed by atoms with van der Waals surface area (Å²) in [6.07, 6.45) is 5.22. The largest absolute Gasteiger partial charge is 0.334 e. The van der Waals surface area contributed by atoms with Crippen LogP contribution in [0.3, 0.4) is 0 Å². The van der Waals surface area contributed by atoms with Gasteiger partial charge in [0, 0.05) is 23.8 Å². The second-order valence-electron chi connectivity index (χ2n) is 7.87. The van der Waals surface area contributed by atoms with Crippen molar-refractivity contribution in [3.8, 4) is 5.69 Å². The van der Waals surface area contributed by atoms with Gasteiger partial charge in [0.1, 0.15) is 0 Å². The third-order valence-electron chi connectivity index (χ3n) is 5.92. The van der Waals surface area contributed by atoms with Gasteiger partial charge in [0.05, 0.1) is 5.69 Å². The molecule has 1 saturated heterocycles. The second-order valence-corrected chi connectivity index (χ2v) is 7.87. The Morgan fingerprint density at radius 3 is 2.59 bits per heavy atom. The summed E-state index contributed by atoms with van der Waals surface area (Å²) in [5.41, 5.74) is 11.1. The predicted molar refractivity (Wildman–Crippen MR) is 110 cm³/mol. The van der Waals surface area contributed by atoms with Gasteiger partial charge in [-0.25, -0.2) is 4.68 Å². The third kappa shape index (κ3) is 3.63. The second kappa shape index (κ2) is 8.03. The van der Waals surface area contributed by atoms with Gasteiger partial charge in [0.2, 0.25) is 0 Å². The van der Waals surface area contributed by atoms with E-state index in [4.69, 9.17) is 10.8 Å². The van der Waals surface area contributed by atoms with Crippen molar-refractivity contribution in [2.75, 3.05) is 13.1 Å². The Labute approximate surface area is 167 Å². The summed E-state index contributed by atoms with van der Waals surface area (Å²) < 4.78 is 2.00. The van der Waals surface area contributed by atoms with Crippen molar-refractivity contribution in [2.45, 2.75) is 52.0 Å². The van der Waals surface area contributed by atoms with Crippen LogP contribution in [0.25, 0.3) is 5.69 Å². The molecule has 27 heavy (non-hydrogen) atoms. The van der Waals surface area contributed by atoms with Crippen molar-refractivity contribution in [1.29, 1.82) is 0 Å². The summed E-state index contributed by atoms with van der Waals surface area (Å²) in [5, 5.41) is 4.82. The topological polar surface area (TPSA) is 64.2 Å². The zero-order valence-corrected chi connectivity index (χ0v) is 17.0. The highest BCUT2D eigenvalue weighted by Gasteiger charge is 2.35. The monoisotopic (exact) mass is 388 g/mol. The molecule has 2 heterocycles. The summed E-state index contributed by atoms with van der Waals surface area (Å²) in [7, 11) is 0. The van der Waals surface area contributed by atoms with Crippen LogP contribution in [0.15, 0.2) is 24.3 Å². The van der Waals surface area contributed by atoms with Crippen LogP contribution in [-0.4, -0.2) is 39.7 Å². The van der Waals surface area contributed by atoms with E-state index in [1.165, 1.54) is 11.3 Å². The van der Waals surface area contributed by atoms with Gasteiger partial charge < -0.3 is 10.6 Å². The molecular weight excluding hydrogens is 360 g/mol. The number of aromatic nitrogens is 2. The van der Waals surface area contributed by atoms with Crippen LogP contribution in [0.5, 0.6) is 0 Å². The van der Waals surface area contributed by atoms with Crippen molar-refractivity contribution < 1.29 is 4.79 Å². The Morgan fingerprint density at radius 2 is 1.93 bits per heavy atom. The van der Waals surface area contributed by atoms with Gasteiger partial charge in [0.15, 0.2) is 5.69 Å². The molecular formula is C21H29ClN4O. The molecule has 2 N–H and O–H groups in total. The molecule has 2 atom stereocenters. The standard InChI is InChI=1S/C21H28N4O.ClH/c1-14-7-9-17(10-8-14)25-19-6-4-3-5-18(19)20(23-25)21(26)24-13-16(12-22)11-15(24)2;/h7-10,15-16H,3-6,11-13,22H2,1-2H3;1H. The number of halogens is 1. The number of nitrogens with two attached hydrogens (primary N) is 1. The predicted octanol–water partition coefficient (Wildman–Crippen LogP) is 3.29. The number of hydrogen-bond donors (Lipinski definition) is 1. The molecule has 0 bridgehead atoms. The van der Waals surface area contributed by atoms with Gasteiger partial charge in [-0.2, -0.15) is 5.10 Å². The lowest BCUT2D eigenvalue weighted by Gasteiger charge is -2.21. The van der Waals surface area contributed by atoms with E-state index in [9.17, 15) is 4.79 Å². The molecule has 1 fully saturated rings. The molecule has 1 aromatic carbocycles. The van der Waals surface area contributed by atoms with Gasteiger partial charge in [-0.3, -0.25) is 4.79 Å². The quantitative estimate of drug-likeness (QED) is 0.877. The fourth-order valence-electron chi connectivity index (χ4n) is 4.40. The van der Waals surface area contributed by atoms with E-state index in [1.807, 2.05) is 9.58 Å². The average molecular weight is 389 g/mol. The van der Waals surface area contributed by atoms with Crippen molar-refractivity contribution >= 4 is 18.3 Å². The van der Waals surface area contributed by atoms with E-state index in [0.29, 0.717) is 18.2 Å². The number of amides is 1. The molecule has 1 aliphatic heterocycles. The van der Waals surface area contributed by atoms with Crippen molar-refractivity contribution in [1.82, 2.24) is 14.7 Å². The highest BCUT2D eigenvalue weighted by Crippen LogP contribution is 2.30. The SMILES string of the molecule is Cc1ccc(-n2nc(C(=O)N3CC(CN)CC3C)c3c2CCCC3)cc1.Cl. The summed E-state index contributed by atoms with van der Waals surface area (Å²) in [5.74, 6) is 0.487. The molecule has 0 radical (unpaired) electrons. The van der Waals surface area contributed by atoms with Crippen LogP contribution < -0.4 is 5.73 Å². The first kappa shape index (κ1) is 19.9. The van der Waals surface area contributed by atoms with Crippen molar-refractivity contribution in [3.05, 3.63) is 46.8 Å². The molecule has 0 spiro atoms. The Balaban J connectivity index is 0.00000210. The molecule has 1 aliphatic carbocycles. The molecule has 2 unspecified atom stereocenters. The highest BCUT2D eigenvalue weighted by atomic mass is 35.5. The van der Waals surface area contributed by atoms with E-state index in [1.54, 1.807) is 0 Å². The van der Waals surface area contributed by atoms with Crippen LogP contribution in [-0.2, 0) is 12.8 Å². The first-order valence-corrected chi connectivity index (χ1v) is 9.77. The Kier molecular flexibility index (Phi) is 5.92.